The summed E-state index contributed by atoms with van der Waals surface area (Å²) in [5, 5.41) is 10.7. The largest absolute Gasteiger partial charge is 0.416 e. The zero-order chi connectivity index (χ0) is 20.9. The minimum absolute atomic E-state index is 0.313. The molecule has 0 unspecified atom stereocenters. The molecule has 0 aliphatic heterocycles. The summed E-state index contributed by atoms with van der Waals surface area (Å²) >= 11 is 0. The SMILES string of the molecule is CCNC(=NCC1(c2cccc(C(F)(F)F)c2)CCC1)NCCc1cnn(C)c1. The molecule has 8 heteroatoms. The lowest BCUT2D eigenvalue weighted by atomic mass is 9.64. The van der Waals surface area contributed by atoms with E-state index in [-0.39, 0.29) is 5.41 Å². The number of aromatic nitrogens is 2. The first-order valence-electron chi connectivity index (χ1n) is 10.00. The van der Waals surface area contributed by atoms with Crippen molar-refractivity contribution >= 4 is 5.96 Å². The van der Waals surface area contributed by atoms with Crippen molar-refractivity contribution < 1.29 is 13.2 Å². The molecule has 29 heavy (non-hydrogen) atoms. The Bertz CT molecular complexity index is 837. The molecule has 3 rings (SSSR count). The van der Waals surface area contributed by atoms with Crippen LogP contribution in [0.1, 0.15) is 42.9 Å². The van der Waals surface area contributed by atoms with E-state index in [0.29, 0.717) is 19.0 Å². The average Bonchev–Trinajstić information content (AvgIpc) is 3.05. The molecule has 1 fully saturated rings. The molecule has 1 aromatic carbocycles. The van der Waals surface area contributed by atoms with Gasteiger partial charge in [0, 0.05) is 31.7 Å². The van der Waals surface area contributed by atoms with Gasteiger partial charge in [-0.1, -0.05) is 24.6 Å². The van der Waals surface area contributed by atoms with E-state index in [4.69, 9.17) is 4.99 Å². The van der Waals surface area contributed by atoms with Gasteiger partial charge in [0.25, 0.3) is 0 Å². The van der Waals surface area contributed by atoms with Crippen LogP contribution in [0, 0.1) is 0 Å². The van der Waals surface area contributed by atoms with Crippen LogP contribution in [0.2, 0.25) is 0 Å². The van der Waals surface area contributed by atoms with Crippen molar-refractivity contribution in [2.75, 3.05) is 19.6 Å². The zero-order valence-corrected chi connectivity index (χ0v) is 16.9. The summed E-state index contributed by atoms with van der Waals surface area (Å²) < 4.78 is 41.1. The Labute approximate surface area is 169 Å². The highest BCUT2D eigenvalue weighted by Gasteiger charge is 2.40. The van der Waals surface area contributed by atoms with E-state index in [1.54, 1.807) is 10.7 Å². The highest BCUT2D eigenvalue weighted by Crippen LogP contribution is 2.45. The molecule has 2 aromatic rings. The number of halogens is 3. The average molecular weight is 407 g/mol. The monoisotopic (exact) mass is 407 g/mol. The first-order valence-corrected chi connectivity index (χ1v) is 10.00. The Morgan fingerprint density at radius 3 is 2.66 bits per heavy atom. The number of aliphatic imine (C=N–C) groups is 1. The fourth-order valence-electron chi connectivity index (χ4n) is 3.67. The summed E-state index contributed by atoms with van der Waals surface area (Å²) in [6.45, 7) is 3.88. The van der Waals surface area contributed by atoms with E-state index in [1.807, 2.05) is 26.4 Å². The van der Waals surface area contributed by atoms with Crippen LogP contribution < -0.4 is 10.6 Å². The third-order valence-electron chi connectivity index (χ3n) is 5.46. The Morgan fingerprint density at radius 1 is 1.28 bits per heavy atom. The summed E-state index contributed by atoms with van der Waals surface area (Å²) in [6.07, 6.45) is 3.02. The van der Waals surface area contributed by atoms with Crippen molar-refractivity contribution in [2.45, 2.75) is 44.2 Å². The highest BCUT2D eigenvalue weighted by molar-refractivity contribution is 5.79. The Kier molecular flexibility index (Phi) is 6.49. The van der Waals surface area contributed by atoms with Crippen LogP contribution in [-0.4, -0.2) is 35.4 Å². The van der Waals surface area contributed by atoms with Gasteiger partial charge < -0.3 is 10.6 Å². The second-order valence-corrected chi connectivity index (χ2v) is 7.61. The molecule has 1 saturated carbocycles. The molecule has 0 bridgehead atoms. The van der Waals surface area contributed by atoms with Crippen LogP contribution in [0.3, 0.4) is 0 Å². The molecular formula is C21H28F3N5. The second-order valence-electron chi connectivity index (χ2n) is 7.61. The molecule has 158 valence electrons. The molecule has 0 spiro atoms. The van der Waals surface area contributed by atoms with E-state index in [9.17, 15) is 13.2 Å². The molecule has 1 aromatic heterocycles. The van der Waals surface area contributed by atoms with Gasteiger partial charge >= 0.3 is 6.18 Å². The standard InChI is InChI=1S/C21H28F3N5/c1-3-25-19(26-11-8-16-13-28-29(2)14-16)27-15-20(9-5-10-20)17-6-4-7-18(12-17)21(22,23)24/h4,6-7,12-14H,3,5,8-11,15H2,1-2H3,(H2,25,26,27). The zero-order valence-electron chi connectivity index (χ0n) is 16.9. The lowest BCUT2D eigenvalue weighted by Gasteiger charge is -2.41. The van der Waals surface area contributed by atoms with Gasteiger partial charge in [0.15, 0.2) is 5.96 Å². The van der Waals surface area contributed by atoms with Crippen LogP contribution >= 0.6 is 0 Å². The van der Waals surface area contributed by atoms with Gasteiger partial charge in [-0.15, -0.1) is 0 Å². The van der Waals surface area contributed by atoms with Crippen LogP contribution in [0.5, 0.6) is 0 Å². The van der Waals surface area contributed by atoms with Crippen molar-refractivity contribution in [3.8, 4) is 0 Å². The number of aryl methyl sites for hydroxylation is 1. The normalized spacial score (nSPS) is 16.4. The molecule has 1 aliphatic rings. The van der Waals surface area contributed by atoms with E-state index in [2.05, 4.69) is 15.7 Å². The molecule has 2 N–H and O–H groups in total. The summed E-state index contributed by atoms with van der Waals surface area (Å²) in [4.78, 5) is 4.70. The molecule has 0 radical (unpaired) electrons. The number of benzene rings is 1. The topological polar surface area (TPSA) is 54.2 Å². The van der Waals surface area contributed by atoms with Gasteiger partial charge in [0.1, 0.15) is 0 Å². The molecule has 5 nitrogen and oxygen atoms in total. The number of hydrogen-bond donors (Lipinski definition) is 2. The van der Waals surface area contributed by atoms with Crippen LogP contribution in [0.15, 0.2) is 41.7 Å². The van der Waals surface area contributed by atoms with E-state index in [0.717, 1.165) is 49.4 Å². The first kappa shape index (κ1) is 21.2. The third kappa shape index (κ3) is 5.31. The van der Waals surface area contributed by atoms with Crippen LogP contribution in [-0.2, 0) is 25.1 Å². The number of rotatable bonds is 7. The van der Waals surface area contributed by atoms with E-state index >= 15 is 0 Å². The maximum absolute atomic E-state index is 13.1. The van der Waals surface area contributed by atoms with Gasteiger partial charge in [-0.05, 0) is 43.4 Å². The predicted octanol–water partition coefficient (Wildman–Crippen LogP) is 3.66. The number of nitrogens with one attached hydrogen (secondary N) is 2. The Balaban J connectivity index is 1.68. The lowest BCUT2D eigenvalue weighted by molar-refractivity contribution is -0.137. The lowest BCUT2D eigenvalue weighted by Crippen LogP contribution is -2.42. The summed E-state index contributed by atoms with van der Waals surface area (Å²) in [5.41, 5.74) is 0.961. The molecular weight excluding hydrogens is 379 g/mol. The maximum Gasteiger partial charge on any atom is 0.416 e. The number of alkyl halides is 3. The van der Waals surface area contributed by atoms with E-state index in [1.165, 1.54) is 12.1 Å². The molecule has 0 amide bonds. The van der Waals surface area contributed by atoms with Crippen molar-refractivity contribution in [1.29, 1.82) is 0 Å². The predicted molar refractivity (Wildman–Crippen MR) is 108 cm³/mol. The second kappa shape index (κ2) is 8.88. The number of nitrogens with zero attached hydrogens (tertiary/aromatic N) is 3. The minimum atomic E-state index is -4.33. The van der Waals surface area contributed by atoms with Crippen LogP contribution in [0.4, 0.5) is 13.2 Å². The summed E-state index contributed by atoms with van der Waals surface area (Å²) in [6, 6.07) is 5.71. The first-order chi connectivity index (χ1) is 13.8. The van der Waals surface area contributed by atoms with Gasteiger partial charge in [-0.25, -0.2) is 0 Å². The Hall–Kier alpha value is -2.51. The smallest absolute Gasteiger partial charge is 0.357 e. The van der Waals surface area contributed by atoms with Gasteiger partial charge in [0.2, 0.25) is 0 Å². The highest BCUT2D eigenvalue weighted by atomic mass is 19.4. The molecule has 0 saturated heterocycles. The molecule has 1 aliphatic carbocycles. The van der Waals surface area contributed by atoms with Gasteiger partial charge in [0.05, 0.1) is 18.3 Å². The minimum Gasteiger partial charge on any atom is -0.357 e. The van der Waals surface area contributed by atoms with E-state index < -0.39 is 11.7 Å². The summed E-state index contributed by atoms with van der Waals surface area (Å²) in [7, 11) is 1.88. The van der Waals surface area contributed by atoms with Crippen LogP contribution in [0.25, 0.3) is 0 Å². The van der Waals surface area contributed by atoms with Gasteiger partial charge in [-0.2, -0.15) is 18.3 Å². The fraction of sp³-hybridized carbons (Fsp3) is 0.524. The number of hydrogen-bond acceptors (Lipinski definition) is 2. The molecule has 0 atom stereocenters. The fourth-order valence-corrected chi connectivity index (χ4v) is 3.67. The Morgan fingerprint density at radius 2 is 2.07 bits per heavy atom. The third-order valence-corrected chi connectivity index (χ3v) is 5.46. The van der Waals surface area contributed by atoms with Gasteiger partial charge in [-0.3, -0.25) is 9.67 Å². The summed E-state index contributed by atoms with van der Waals surface area (Å²) in [5.74, 6) is 0.689. The molecule has 1 heterocycles. The number of guanidine groups is 1. The van der Waals surface area contributed by atoms with Crippen molar-refractivity contribution in [2.24, 2.45) is 12.0 Å². The van der Waals surface area contributed by atoms with Crippen molar-refractivity contribution in [1.82, 2.24) is 20.4 Å². The van der Waals surface area contributed by atoms with Crippen molar-refractivity contribution in [3.05, 3.63) is 53.3 Å². The maximum atomic E-state index is 13.1. The quantitative estimate of drug-likeness (QED) is 0.544. The van der Waals surface area contributed by atoms with Crippen molar-refractivity contribution in [3.63, 3.8) is 0 Å².